The predicted octanol–water partition coefficient (Wildman–Crippen LogP) is 2.62. The number of primary sulfonamides is 1. The zero-order chi connectivity index (χ0) is 22.2. The van der Waals surface area contributed by atoms with Crippen LogP contribution in [0.4, 0.5) is 5.69 Å². The molecule has 7 nitrogen and oxygen atoms in total. The molecule has 0 aromatic heterocycles. The lowest BCUT2D eigenvalue weighted by molar-refractivity contribution is -0.123. The summed E-state index contributed by atoms with van der Waals surface area (Å²) in [6.07, 6.45) is 2.50. The maximum Gasteiger partial charge on any atom is 0.238 e. The molecule has 4 rings (SSSR count). The zero-order valence-corrected chi connectivity index (χ0v) is 19.3. The second kappa shape index (κ2) is 8.99. The fourth-order valence-electron chi connectivity index (χ4n) is 4.15. The van der Waals surface area contributed by atoms with E-state index in [9.17, 15) is 13.2 Å². The minimum absolute atomic E-state index is 0.0549. The van der Waals surface area contributed by atoms with Crippen molar-refractivity contribution >= 4 is 45.0 Å². The minimum Gasteiger partial charge on any atom is -0.369 e. The molecule has 1 saturated heterocycles. The van der Waals surface area contributed by atoms with Crippen LogP contribution < -0.4 is 15.8 Å². The Bertz CT molecular complexity index is 1080. The number of nitrogens with two attached hydrogens (primary N) is 2. The highest BCUT2D eigenvalue weighted by molar-refractivity contribution is 8.00. The molecule has 0 saturated carbocycles. The van der Waals surface area contributed by atoms with Crippen LogP contribution in [0.2, 0.25) is 5.02 Å². The maximum atomic E-state index is 11.8. The summed E-state index contributed by atoms with van der Waals surface area (Å²) in [6, 6.07) is 12.6. The largest absolute Gasteiger partial charge is 0.369 e. The highest BCUT2D eigenvalue weighted by Crippen LogP contribution is 2.46. The van der Waals surface area contributed by atoms with Gasteiger partial charge in [-0.05, 0) is 55.2 Å². The number of amides is 1. The molecular weight excluding hydrogens is 456 g/mol. The lowest BCUT2D eigenvalue weighted by atomic mass is 9.98. The van der Waals surface area contributed by atoms with Gasteiger partial charge < -0.3 is 10.6 Å². The third kappa shape index (κ3) is 5.01. The number of benzene rings is 2. The van der Waals surface area contributed by atoms with Crippen LogP contribution in [0, 0.1) is 5.92 Å². The third-order valence-corrected chi connectivity index (χ3v) is 8.30. The molecule has 2 aromatic rings. The molecule has 2 aliphatic heterocycles. The molecule has 0 spiro atoms. The van der Waals surface area contributed by atoms with Gasteiger partial charge in [-0.1, -0.05) is 35.5 Å². The van der Waals surface area contributed by atoms with Crippen molar-refractivity contribution in [2.75, 3.05) is 24.5 Å². The molecule has 2 aliphatic rings. The quantitative estimate of drug-likeness (QED) is 0.657. The van der Waals surface area contributed by atoms with Gasteiger partial charge in [-0.25, -0.2) is 13.6 Å². The summed E-state index contributed by atoms with van der Waals surface area (Å²) in [5.41, 5.74) is 7.78. The van der Waals surface area contributed by atoms with Crippen molar-refractivity contribution in [1.29, 1.82) is 0 Å². The van der Waals surface area contributed by atoms with Crippen LogP contribution in [-0.2, 0) is 21.2 Å². The van der Waals surface area contributed by atoms with E-state index in [1.54, 1.807) is 23.9 Å². The van der Waals surface area contributed by atoms with Crippen molar-refractivity contribution < 1.29 is 13.2 Å². The average Bonchev–Trinajstić information content (AvgIpc) is 3.09. The maximum absolute atomic E-state index is 11.8. The van der Waals surface area contributed by atoms with E-state index < -0.39 is 10.0 Å². The van der Waals surface area contributed by atoms with Gasteiger partial charge in [0.05, 0.1) is 16.5 Å². The van der Waals surface area contributed by atoms with Gasteiger partial charge >= 0.3 is 0 Å². The molecule has 1 fully saturated rings. The van der Waals surface area contributed by atoms with Gasteiger partial charge in [0.25, 0.3) is 0 Å². The Morgan fingerprint density at radius 2 is 1.94 bits per heavy atom. The Morgan fingerprint density at radius 1 is 1.19 bits per heavy atom. The molecule has 166 valence electrons. The summed E-state index contributed by atoms with van der Waals surface area (Å²) in [5, 5.41) is 5.88. The fraction of sp³-hybridized carbons (Fsp3) is 0.381. The highest BCUT2D eigenvalue weighted by Gasteiger charge is 2.37. The van der Waals surface area contributed by atoms with E-state index in [-0.39, 0.29) is 22.2 Å². The van der Waals surface area contributed by atoms with Gasteiger partial charge in [0.15, 0.2) is 0 Å². The van der Waals surface area contributed by atoms with Gasteiger partial charge in [-0.3, -0.25) is 9.69 Å². The molecule has 2 heterocycles. The van der Waals surface area contributed by atoms with E-state index in [4.69, 9.17) is 22.5 Å². The number of rotatable bonds is 6. The van der Waals surface area contributed by atoms with Crippen molar-refractivity contribution in [3.05, 3.63) is 53.1 Å². The number of piperidine rings is 1. The summed E-state index contributed by atoms with van der Waals surface area (Å²) in [5.74, 6) is -0.371. The number of hydrogen-bond acceptors (Lipinski definition) is 6. The van der Waals surface area contributed by atoms with Crippen molar-refractivity contribution in [3.63, 3.8) is 0 Å². The molecule has 0 radical (unpaired) electrons. The lowest BCUT2D eigenvalue weighted by Gasteiger charge is -2.39. The molecule has 2 atom stereocenters. The summed E-state index contributed by atoms with van der Waals surface area (Å²) in [6.45, 7) is 2.29. The van der Waals surface area contributed by atoms with Gasteiger partial charge in [-0.15, -0.1) is 0 Å². The van der Waals surface area contributed by atoms with Gasteiger partial charge in [-0.2, -0.15) is 0 Å². The van der Waals surface area contributed by atoms with Crippen LogP contribution >= 0.6 is 23.4 Å². The van der Waals surface area contributed by atoms with E-state index in [0.717, 1.165) is 48.5 Å². The number of primary amides is 1. The molecule has 2 aromatic carbocycles. The van der Waals surface area contributed by atoms with Crippen LogP contribution in [0.1, 0.15) is 18.4 Å². The van der Waals surface area contributed by atoms with Gasteiger partial charge in [0.1, 0.15) is 5.50 Å². The highest BCUT2D eigenvalue weighted by atomic mass is 35.5. The molecule has 10 heteroatoms. The summed E-state index contributed by atoms with van der Waals surface area (Å²) in [4.78, 5) is 17.6. The smallest absolute Gasteiger partial charge is 0.238 e. The molecule has 0 bridgehead atoms. The van der Waals surface area contributed by atoms with E-state index >= 15 is 0 Å². The third-order valence-electron chi connectivity index (χ3n) is 5.79. The van der Waals surface area contributed by atoms with Crippen molar-refractivity contribution in [1.82, 2.24) is 4.90 Å². The normalized spacial score (nSPS) is 21.8. The molecule has 2 unspecified atom stereocenters. The first-order valence-electron chi connectivity index (χ1n) is 10.1. The molecule has 1 amide bonds. The molecule has 4 N–H and O–H groups in total. The number of anilines is 1. The predicted molar refractivity (Wildman–Crippen MR) is 123 cm³/mol. The van der Waals surface area contributed by atoms with Crippen LogP contribution in [-0.4, -0.2) is 44.4 Å². The molecular formula is C21H25ClN4O3S2. The number of carbonyl (C=O) groups excluding carboxylic acids is 1. The minimum atomic E-state index is -3.70. The second-order valence-corrected chi connectivity index (χ2v) is 11.0. The molecule has 0 aliphatic carbocycles. The Balaban J connectivity index is 1.54. The Morgan fingerprint density at radius 3 is 2.61 bits per heavy atom. The number of hydrogen-bond donors (Lipinski definition) is 2. The first kappa shape index (κ1) is 22.4. The number of thioether (sulfide) groups is 1. The number of halogens is 1. The summed E-state index contributed by atoms with van der Waals surface area (Å²) < 4.78 is 23.0. The van der Waals surface area contributed by atoms with Crippen LogP contribution in [0.25, 0.3) is 0 Å². The Kier molecular flexibility index (Phi) is 6.50. The van der Waals surface area contributed by atoms with Crippen molar-refractivity contribution in [2.24, 2.45) is 16.8 Å². The first-order chi connectivity index (χ1) is 14.7. The van der Waals surface area contributed by atoms with Crippen LogP contribution in [0.15, 0.2) is 52.3 Å². The lowest BCUT2D eigenvalue weighted by Crippen LogP contribution is -2.51. The number of nitrogens with zero attached hydrogens (tertiary/aromatic N) is 2. The number of likely N-dealkylation sites (tertiary alicyclic amines) is 1. The van der Waals surface area contributed by atoms with Crippen molar-refractivity contribution in [3.8, 4) is 0 Å². The van der Waals surface area contributed by atoms with E-state index in [1.807, 2.05) is 18.2 Å². The van der Waals surface area contributed by atoms with Crippen LogP contribution in [0.5, 0.6) is 0 Å². The van der Waals surface area contributed by atoms with Crippen LogP contribution in [0.3, 0.4) is 0 Å². The number of carbonyl (C=O) groups is 1. The van der Waals surface area contributed by atoms with E-state index in [2.05, 4.69) is 9.80 Å². The SMILES string of the molecule is NC(=O)C1CCCN(C2Sc3cc(Cl)ccc3N2CCc2ccc(S(N)(=O)=O)cc2)C1. The van der Waals surface area contributed by atoms with Crippen molar-refractivity contribution in [2.45, 2.75) is 34.6 Å². The van der Waals surface area contributed by atoms with Gasteiger partial charge in [0, 0.05) is 29.6 Å². The fourth-order valence-corrected chi connectivity index (χ4v) is 6.32. The Labute approximate surface area is 191 Å². The van der Waals surface area contributed by atoms with Gasteiger partial charge in [0.2, 0.25) is 15.9 Å². The second-order valence-electron chi connectivity index (χ2n) is 7.92. The summed E-state index contributed by atoms with van der Waals surface area (Å²) in [7, 11) is -3.70. The topological polar surface area (TPSA) is 110 Å². The first-order valence-corrected chi connectivity index (χ1v) is 12.9. The number of fused-ring (bicyclic) bond motifs is 1. The summed E-state index contributed by atoms with van der Waals surface area (Å²) >= 11 is 7.97. The van der Waals surface area contributed by atoms with E-state index in [1.165, 1.54) is 12.1 Å². The number of sulfonamides is 1. The van der Waals surface area contributed by atoms with E-state index in [0.29, 0.717) is 11.6 Å². The zero-order valence-electron chi connectivity index (χ0n) is 16.9. The standard InChI is InChI=1S/C21H25ClN4O3S2/c22-16-5-8-18-19(12-16)30-21(25-10-1-2-15(13-25)20(23)27)26(18)11-9-14-3-6-17(7-4-14)31(24,28)29/h3-8,12,15,21H,1-2,9-11,13H2,(H2,23,27)(H2,24,28,29). The average molecular weight is 481 g/mol. The monoisotopic (exact) mass is 480 g/mol. The molecule has 31 heavy (non-hydrogen) atoms. The Hall–Kier alpha value is -1.78.